The van der Waals surface area contributed by atoms with Crippen LogP contribution in [0, 0.1) is 20.8 Å². The van der Waals surface area contributed by atoms with E-state index in [9.17, 15) is 21.6 Å². The fourth-order valence-corrected chi connectivity index (χ4v) is 5.52. The lowest BCUT2D eigenvalue weighted by Gasteiger charge is -2.24. The van der Waals surface area contributed by atoms with Crippen LogP contribution in [0.2, 0.25) is 5.02 Å². The van der Waals surface area contributed by atoms with Crippen LogP contribution in [-0.4, -0.2) is 35.5 Å². The van der Waals surface area contributed by atoms with Gasteiger partial charge in [-0.15, -0.1) is 0 Å². The predicted octanol–water partition coefficient (Wildman–Crippen LogP) is 4.47. The molecule has 0 aliphatic carbocycles. The Labute approximate surface area is 211 Å². The van der Waals surface area contributed by atoms with Gasteiger partial charge in [0.1, 0.15) is 6.54 Å². The van der Waals surface area contributed by atoms with Crippen molar-refractivity contribution in [2.75, 3.05) is 27.1 Å². The molecule has 11 heteroatoms. The molecule has 3 rings (SSSR count). The number of nitrogens with zero attached hydrogens (tertiary/aromatic N) is 1. The van der Waals surface area contributed by atoms with Crippen LogP contribution in [-0.2, 0) is 24.8 Å². The molecule has 8 nitrogen and oxygen atoms in total. The average molecular weight is 536 g/mol. The molecule has 0 aromatic heterocycles. The monoisotopic (exact) mass is 535 g/mol. The Morgan fingerprint density at radius 1 is 0.886 bits per heavy atom. The number of rotatable bonds is 8. The number of hydrogen-bond acceptors (Lipinski definition) is 5. The van der Waals surface area contributed by atoms with Crippen molar-refractivity contribution in [2.24, 2.45) is 0 Å². The van der Waals surface area contributed by atoms with Gasteiger partial charge in [0.25, 0.3) is 10.0 Å². The zero-order chi connectivity index (χ0) is 26.0. The van der Waals surface area contributed by atoms with Crippen LogP contribution in [0.25, 0.3) is 0 Å². The number of carbonyl (C=O) groups is 1. The van der Waals surface area contributed by atoms with E-state index in [1.54, 1.807) is 32.0 Å². The number of nitrogens with one attached hydrogen (secondary N) is 2. The molecule has 0 atom stereocenters. The Morgan fingerprint density at radius 3 is 2.14 bits per heavy atom. The topological polar surface area (TPSA) is 113 Å². The van der Waals surface area contributed by atoms with Crippen LogP contribution in [0.5, 0.6) is 0 Å². The van der Waals surface area contributed by atoms with E-state index in [2.05, 4.69) is 10.0 Å². The number of hydrogen-bond donors (Lipinski definition) is 2. The fraction of sp³-hybridized carbons (Fsp3) is 0.208. The van der Waals surface area contributed by atoms with Crippen molar-refractivity contribution in [3.05, 3.63) is 82.4 Å². The summed E-state index contributed by atoms with van der Waals surface area (Å²) in [5, 5.41) is 2.94. The Morgan fingerprint density at radius 2 is 1.51 bits per heavy atom. The number of anilines is 3. The molecule has 1 amide bonds. The predicted molar refractivity (Wildman–Crippen MR) is 140 cm³/mol. The van der Waals surface area contributed by atoms with Gasteiger partial charge in [0.05, 0.1) is 22.5 Å². The van der Waals surface area contributed by atoms with Crippen molar-refractivity contribution in [2.45, 2.75) is 25.7 Å². The van der Waals surface area contributed by atoms with Gasteiger partial charge in [-0.05, 0) is 79.9 Å². The summed E-state index contributed by atoms with van der Waals surface area (Å²) in [6, 6.07) is 15.8. The molecule has 0 heterocycles. The molecule has 0 fully saturated rings. The van der Waals surface area contributed by atoms with Gasteiger partial charge in [0.2, 0.25) is 15.9 Å². The number of aryl methyl sites for hydroxylation is 3. The summed E-state index contributed by atoms with van der Waals surface area (Å²) in [4.78, 5) is 12.7. The number of benzene rings is 3. The molecule has 2 N–H and O–H groups in total. The van der Waals surface area contributed by atoms with Crippen LogP contribution in [0.4, 0.5) is 17.1 Å². The molecule has 0 radical (unpaired) electrons. The zero-order valence-corrected chi connectivity index (χ0v) is 22.1. The minimum atomic E-state index is -3.84. The Balaban J connectivity index is 1.75. The second-order valence-electron chi connectivity index (χ2n) is 8.20. The van der Waals surface area contributed by atoms with Crippen molar-refractivity contribution in [1.82, 2.24) is 0 Å². The highest BCUT2D eigenvalue weighted by Crippen LogP contribution is 2.26. The van der Waals surface area contributed by atoms with E-state index in [4.69, 9.17) is 11.6 Å². The lowest BCUT2D eigenvalue weighted by atomic mass is 10.1. The second kappa shape index (κ2) is 10.3. The molecule has 0 unspecified atom stereocenters. The lowest BCUT2D eigenvalue weighted by Crippen LogP contribution is -2.37. The standard InChI is InChI=1S/C24H26ClN3O5S2/c1-16-5-6-17(2)22(13-16)27-35(32,33)21-11-9-20(10-12-21)26-24(29)15-28(34(4,30)31)23-14-19(25)8-7-18(23)3/h5-14,27H,15H2,1-4H3,(H,26,29). The number of amides is 1. The lowest BCUT2D eigenvalue weighted by molar-refractivity contribution is -0.114. The van der Waals surface area contributed by atoms with Gasteiger partial charge in [-0.3, -0.25) is 13.8 Å². The quantitative estimate of drug-likeness (QED) is 0.442. The average Bonchev–Trinajstić information content (AvgIpc) is 2.76. The molecular weight excluding hydrogens is 510 g/mol. The maximum absolute atomic E-state index is 12.8. The summed E-state index contributed by atoms with van der Waals surface area (Å²) in [5.41, 5.74) is 3.44. The van der Waals surface area contributed by atoms with E-state index in [-0.39, 0.29) is 4.90 Å². The first-order chi connectivity index (χ1) is 16.3. The summed E-state index contributed by atoms with van der Waals surface area (Å²) < 4.78 is 53.8. The summed E-state index contributed by atoms with van der Waals surface area (Å²) in [5.74, 6) is -0.598. The number of halogens is 1. The highest BCUT2D eigenvalue weighted by Gasteiger charge is 2.23. The number of carbonyl (C=O) groups excluding carboxylic acids is 1. The van der Waals surface area contributed by atoms with Gasteiger partial charge in [0.15, 0.2) is 0 Å². The normalized spacial score (nSPS) is 11.7. The first-order valence-electron chi connectivity index (χ1n) is 10.5. The third-order valence-corrected chi connectivity index (χ3v) is 7.96. The zero-order valence-electron chi connectivity index (χ0n) is 19.7. The van der Waals surface area contributed by atoms with Crippen molar-refractivity contribution in [3.8, 4) is 0 Å². The van der Waals surface area contributed by atoms with Gasteiger partial charge in [-0.1, -0.05) is 29.8 Å². The third-order valence-electron chi connectivity index (χ3n) is 5.21. The first-order valence-corrected chi connectivity index (χ1v) is 14.2. The third kappa shape index (κ3) is 6.74. The molecular formula is C24H26ClN3O5S2. The second-order valence-corrected chi connectivity index (χ2v) is 12.2. The maximum atomic E-state index is 12.8. The van der Waals surface area contributed by atoms with Crippen LogP contribution < -0.4 is 14.3 Å². The molecule has 0 saturated carbocycles. The highest BCUT2D eigenvalue weighted by molar-refractivity contribution is 7.92. The van der Waals surface area contributed by atoms with Crippen LogP contribution in [0.1, 0.15) is 16.7 Å². The molecule has 0 aliphatic heterocycles. The van der Waals surface area contributed by atoms with Crippen molar-refractivity contribution in [1.29, 1.82) is 0 Å². The summed E-state index contributed by atoms with van der Waals surface area (Å²) in [7, 11) is -7.62. The molecule has 0 bridgehead atoms. The summed E-state index contributed by atoms with van der Waals surface area (Å²) in [6.45, 7) is 4.91. The van der Waals surface area contributed by atoms with Crippen LogP contribution >= 0.6 is 11.6 Å². The highest BCUT2D eigenvalue weighted by atomic mass is 35.5. The Bertz CT molecular complexity index is 1470. The minimum Gasteiger partial charge on any atom is -0.325 e. The van der Waals surface area contributed by atoms with E-state index in [0.717, 1.165) is 21.7 Å². The van der Waals surface area contributed by atoms with Gasteiger partial charge in [-0.25, -0.2) is 16.8 Å². The molecule has 0 spiro atoms. The maximum Gasteiger partial charge on any atom is 0.261 e. The minimum absolute atomic E-state index is 0.0173. The molecule has 186 valence electrons. The SMILES string of the molecule is Cc1ccc(C)c(NS(=O)(=O)c2ccc(NC(=O)CN(c3cc(Cl)ccc3C)S(C)(=O)=O)cc2)c1. The largest absolute Gasteiger partial charge is 0.325 e. The summed E-state index contributed by atoms with van der Waals surface area (Å²) >= 11 is 6.02. The molecule has 3 aromatic carbocycles. The molecule has 0 saturated heterocycles. The fourth-order valence-electron chi connectivity index (χ4n) is 3.33. The Kier molecular flexibility index (Phi) is 7.78. The van der Waals surface area contributed by atoms with E-state index in [1.807, 2.05) is 19.1 Å². The summed E-state index contributed by atoms with van der Waals surface area (Å²) in [6.07, 6.45) is 1.00. The van der Waals surface area contributed by atoms with Gasteiger partial charge >= 0.3 is 0 Å². The van der Waals surface area contributed by atoms with E-state index >= 15 is 0 Å². The van der Waals surface area contributed by atoms with E-state index in [0.29, 0.717) is 27.6 Å². The van der Waals surface area contributed by atoms with E-state index < -0.39 is 32.5 Å². The van der Waals surface area contributed by atoms with Crippen molar-refractivity contribution in [3.63, 3.8) is 0 Å². The van der Waals surface area contributed by atoms with Gasteiger partial charge < -0.3 is 5.32 Å². The molecule has 35 heavy (non-hydrogen) atoms. The van der Waals surface area contributed by atoms with Gasteiger partial charge in [0, 0.05) is 10.7 Å². The van der Waals surface area contributed by atoms with Crippen LogP contribution in [0.3, 0.4) is 0 Å². The van der Waals surface area contributed by atoms with E-state index in [1.165, 1.54) is 30.3 Å². The smallest absolute Gasteiger partial charge is 0.261 e. The molecule has 3 aromatic rings. The Hall–Kier alpha value is -3.08. The number of sulfonamides is 2. The molecule has 0 aliphatic rings. The first kappa shape index (κ1) is 26.5. The van der Waals surface area contributed by atoms with Gasteiger partial charge in [-0.2, -0.15) is 0 Å². The van der Waals surface area contributed by atoms with Crippen molar-refractivity contribution < 1.29 is 21.6 Å². The van der Waals surface area contributed by atoms with Crippen LogP contribution in [0.15, 0.2) is 65.6 Å². The van der Waals surface area contributed by atoms with Crippen molar-refractivity contribution >= 4 is 54.6 Å².